The Morgan fingerprint density at radius 2 is 2.12 bits per heavy atom. The highest BCUT2D eigenvalue weighted by Crippen LogP contribution is 2.33. The summed E-state index contributed by atoms with van der Waals surface area (Å²) in [6.07, 6.45) is 0. The van der Waals surface area contributed by atoms with Crippen molar-refractivity contribution in [3.8, 4) is 16.5 Å². The molecule has 1 aromatic heterocycles. The van der Waals surface area contributed by atoms with E-state index in [1.807, 2.05) is 13.0 Å². The molecular weight excluding hydrogens is 235 g/mol. The van der Waals surface area contributed by atoms with Gasteiger partial charge in [-0.2, -0.15) is 5.26 Å². The summed E-state index contributed by atoms with van der Waals surface area (Å²) in [6.45, 7) is 1.86. The molecule has 0 aliphatic rings. The summed E-state index contributed by atoms with van der Waals surface area (Å²) in [5, 5.41) is 8.79. The number of nitrogens with zero attached hydrogens (tertiary/aromatic N) is 1. The van der Waals surface area contributed by atoms with E-state index in [4.69, 9.17) is 11.0 Å². The van der Waals surface area contributed by atoms with Crippen LogP contribution >= 0.6 is 11.3 Å². The van der Waals surface area contributed by atoms with Crippen molar-refractivity contribution < 1.29 is 4.39 Å². The number of benzene rings is 1. The molecule has 2 rings (SSSR count). The zero-order valence-corrected chi connectivity index (χ0v) is 10.1. The monoisotopic (exact) mass is 246 g/mol. The van der Waals surface area contributed by atoms with Crippen LogP contribution in [-0.4, -0.2) is 0 Å². The molecule has 2 aromatic rings. The maximum absolute atomic E-state index is 13.3. The van der Waals surface area contributed by atoms with Gasteiger partial charge in [-0.1, -0.05) is 6.07 Å². The van der Waals surface area contributed by atoms with Gasteiger partial charge < -0.3 is 5.73 Å². The van der Waals surface area contributed by atoms with Crippen molar-refractivity contribution in [2.75, 3.05) is 0 Å². The van der Waals surface area contributed by atoms with Crippen LogP contribution in [0, 0.1) is 17.1 Å². The molecule has 1 unspecified atom stereocenters. The maximum atomic E-state index is 13.3. The second-order valence-electron chi connectivity index (χ2n) is 3.80. The van der Waals surface area contributed by atoms with Crippen LogP contribution in [0.1, 0.15) is 23.4 Å². The van der Waals surface area contributed by atoms with E-state index in [2.05, 4.69) is 6.07 Å². The minimum Gasteiger partial charge on any atom is -0.324 e. The summed E-state index contributed by atoms with van der Waals surface area (Å²) < 4.78 is 13.3. The van der Waals surface area contributed by atoms with E-state index >= 15 is 0 Å². The highest BCUT2D eigenvalue weighted by Gasteiger charge is 2.12. The number of halogens is 1. The lowest BCUT2D eigenvalue weighted by Gasteiger charge is -2.11. The average molecular weight is 246 g/mol. The Kier molecular flexibility index (Phi) is 3.23. The van der Waals surface area contributed by atoms with E-state index < -0.39 is 0 Å². The van der Waals surface area contributed by atoms with E-state index in [0.717, 1.165) is 16.0 Å². The third-order valence-electron chi connectivity index (χ3n) is 2.49. The molecule has 0 fully saturated rings. The number of thiophene rings is 1. The molecule has 0 radical (unpaired) electrons. The van der Waals surface area contributed by atoms with Crippen molar-refractivity contribution in [3.05, 3.63) is 46.6 Å². The number of nitrogens with two attached hydrogens (primary N) is 1. The van der Waals surface area contributed by atoms with E-state index in [0.29, 0.717) is 4.88 Å². The SMILES string of the molecule is CC(N)c1ccc(F)cc1-c1ccc(C#N)s1. The zero-order chi connectivity index (χ0) is 12.4. The first kappa shape index (κ1) is 11.8. The molecule has 0 amide bonds. The van der Waals surface area contributed by atoms with Crippen molar-refractivity contribution in [3.63, 3.8) is 0 Å². The minimum absolute atomic E-state index is 0.168. The summed E-state index contributed by atoms with van der Waals surface area (Å²) >= 11 is 1.34. The van der Waals surface area contributed by atoms with Crippen molar-refractivity contribution in [2.24, 2.45) is 5.73 Å². The molecule has 0 aliphatic heterocycles. The van der Waals surface area contributed by atoms with Gasteiger partial charge in [0, 0.05) is 10.9 Å². The summed E-state index contributed by atoms with van der Waals surface area (Å²) in [4.78, 5) is 1.48. The number of hydrogen-bond acceptors (Lipinski definition) is 3. The molecular formula is C13H11FN2S. The molecule has 0 spiro atoms. The highest BCUT2D eigenvalue weighted by molar-refractivity contribution is 7.16. The summed E-state index contributed by atoms with van der Waals surface area (Å²) in [5.74, 6) is -0.295. The van der Waals surface area contributed by atoms with Crippen LogP contribution in [0.5, 0.6) is 0 Å². The van der Waals surface area contributed by atoms with Crippen LogP contribution in [0.3, 0.4) is 0 Å². The first-order valence-electron chi connectivity index (χ1n) is 5.17. The van der Waals surface area contributed by atoms with Crippen LogP contribution in [0.15, 0.2) is 30.3 Å². The lowest BCUT2D eigenvalue weighted by molar-refractivity contribution is 0.626. The maximum Gasteiger partial charge on any atom is 0.123 e. The van der Waals surface area contributed by atoms with E-state index in [9.17, 15) is 4.39 Å². The fraction of sp³-hybridized carbons (Fsp3) is 0.154. The smallest absolute Gasteiger partial charge is 0.123 e. The molecule has 0 saturated heterocycles. The second kappa shape index (κ2) is 4.66. The Morgan fingerprint density at radius 1 is 1.35 bits per heavy atom. The predicted molar refractivity (Wildman–Crippen MR) is 67.0 cm³/mol. The number of rotatable bonds is 2. The second-order valence-corrected chi connectivity index (χ2v) is 4.88. The fourth-order valence-corrected chi connectivity index (χ4v) is 2.52. The van der Waals surface area contributed by atoms with Gasteiger partial charge in [0.2, 0.25) is 0 Å². The minimum atomic E-state index is -0.295. The molecule has 1 aromatic carbocycles. The van der Waals surface area contributed by atoms with Gasteiger partial charge in [0.25, 0.3) is 0 Å². The highest BCUT2D eigenvalue weighted by atomic mass is 32.1. The van der Waals surface area contributed by atoms with Crippen LogP contribution in [0.4, 0.5) is 4.39 Å². The van der Waals surface area contributed by atoms with Crippen molar-refractivity contribution in [1.29, 1.82) is 5.26 Å². The largest absolute Gasteiger partial charge is 0.324 e. The van der Waals surface area contributed by atoms with Gasteiger partial charge in [-0.15, -0.1) is 11.3 Å². The van der Waals surface area contributed by atoms with Gasteiger partial charge in [-0.05, 0) is 42.3 Å². The molecule has 0 saturated carbocycles. The van der Waals surface area contributed by atoms with Crippen LogP contribution in [0.25, 0.3) is 10.4 Å². The quantitative estimate of drug-likeness (QED) is 0.882. The third kappa shape index (κ3) is 2.36. The van der Waals surface area contributed by atoms with Gasteiger partial charge >= 0.3 is 0 Å². The van der Waals surface area contributed by atoms with Crippen LogP contribution < -0.4 is 5.73 Å². The molecule has 1 heterocycles. The molecule has 2 N–H and O–H groups in total. The van der Waals surface area contributed by atoms with Gasteiger partial charge in [0.15, 0.2) is 0 Å². The molecule has 0 aliphatic carbocycles. The first-order chi connectivity index (χ1) is 8.11. The molecule has 86 valence electrons. The molecule has 0 bridgehead atoms. The number of hydrogen-bond donors (Lipinski definition) is 1. The first-order valence-corrected chi connectivity index (χ1v) is 5.99. The Morgan fingerprint density at radius 3 is 2.71 bits per heavy atom. The Labute approximate surface area is 103 Å². The predicted octanol–water partition coefficient (Wildman–Crippen LogP) is 3.45. The van der Waals surface area contributed by atoms with Crippen molar-refractivity contribution in [1.82, 2.24) is 0 Å². The van der Waals surface area contributed by atoms with E-state index in [1.54, 1.807) is 12.1 Å². The third-order valence-corrected chi connectivity index (χ3v) is 3.51. The van der Waals surface area contributed by atoms with E-state index in [-0.39, 0.29) is 11.9 Å². The topological polar surface area (TPSA) is 49.8 Å². The Balaban J connectivity index is 2.57. The lowest BCUT2D eigenvalue weighted by Crippen LogP contribution is -2.06. The average Bonchev–Trinajstić information content (AvgIpc) is 2.76. The molecule has 4 heteroatoms. The van der Waals surface area contributed by atoms with E-state index in [1.165, 1.54) is 23.5 Å². The standard InChI is InChI=1S/C13H11FN2S/c1-8(16)11-4-2-9(14)6-12(11)13-5-3-10(7-15)17-13/h2-6,8H,16H2,1H3. The van der Waals surface area contributed by atoms with Gasteiger partial charge in [0.1, 0.15) is 16.8 Å². The Hall–Kier alpha value is -1.70. The summed E-state index contributed by atoms with van der Waals surface area (Å²) in [5.41, 5.74) is 7.52. The van der Waals surface area contributed by atoms with Gasteiger partial charge in [0.05, 0.1) is 0 Å². The summed E-state index contributed by atoms with van der Waals surface area (Å²) in [6, 6.07) is 10.0. The van der Waals surface area contributed by atoms with Crippen LogP contribution in [0.2, 0.25) is 0 Å². The Bertz CT molecular complexity index is 581. The fourth-order valence-electron chi connectivity index (χ4n) is 1.68. The van der Waals surface area contributed by atoms with Gasteiger partial charge in [-0.25, -0.2) is 4.39 Å². The summed E-state index contributed by atoms with van der Waals surface area (Å²) in [7, 11) is 0. The molecule has 2 nitrogen and oxygen atoms in total. The number of nitriles is 1. The lowest BCUT2D eigenvalue weighted by atomic mass is 10.0. The van der Waals surface area contributed by atoms with Crippen LogP contribution in [-0.2, 0) is 0 Å². The molecule has 1 atom stereocenters. The van der Waals surface area contributed by atoms with Crippen molar-refractivity contribution in [2.45, 2.75) is 13.0 Å². The zero-order valence-electron chi connectivity index (χ0n) is 9.27. The molecule has 17 heavy (non-hydrogen) atoms. The van der Waals surface area contributed by atoms with Gasteiger partial charge in [-0.3, -0.25) is 0 Å². The van der Waals surface area contributed by atoms with Crippen molar-refractivity contribution >= 4 is 11.3 Å². The normalized spacial score (nSPS) is 12.1.